The molecule has 1 aliphatic heterocycles. The van der Waals surface area contributed by atoms with E-state index in [2.05, 4.69) is 31.4 Å². The zero-order valence-corrected chi connectivity index (χ0v) is 15.7. The molecule has 9 heteroatoms. The van der Waals surface area contributed by atoms with Crippen LogP contribution >= 0.6 is 11.6 Å². The Morgan fingerprint density at radius 1 is 1.36 bits per heavy atom. The monoisotopic (exact) mass is 395 g/mol. The Morgan fingerprint density at radius 3 is 3.11 bits per heavy atom. The van der Waals surface area contributed by atoms with Crippen LogP contribution < -0.4 is 10.6 Å². The van der Waals surface area contributed by atoms with Crippen LogP contribution in [0.15, 0.2) is 42.9 Å². The molecule has 1 unspecified atom stereocenters. The fourth-order valence-electron chi connectivity index (χ4n) is 3.32. The van der Waals surface area contributed by atoms with Crippen LogP contribution in [0.4, 0.5) is 10.6 Å². The van der Waals surface area contributed by atoms with Crippen LogP contribution in [-0.2, 0) is 13.0 Å². The number of carbonyl (C=O) groups excluding carboxylic acids is 1. The van der Waals surface area contributed by atoms with Gasteiger partial charge < -0.3 is 9.88 Å². The SMILES string of the molecule is N#Cc1cc(Cl)ccc1-n1ccc(NC(=O)NCC2CCc3nccn3C2)n1. The summed E-state index contributed by atoms with van der Waals surface area (Å²) in [5, 5.41) is 19.7. The minimum Gasteiger partial charge on any atom is -0.337 e. The molecule has 0 fully saturated rings. The maximum atomic E-state index is 12.2. The molecule has 2 N–H and O–H groups in total. The fourth-order valence-corrected chi connectivity index (χ4v) is 3.50. The molecule has 0 bridgehead atoms. The molecule has 0 saturated heterocycles. The molecule has 0 radical (unpaired) electrons. The number of nitrogens with zero attached hydrogens (tertiary/aromatic N) is 5. The summed E-state index contributed by atoms with van der Waals surface area (Å²) in [6.07, 6.45) is 7.39. The molecule has 142 valence electrons. The van der Waals surface area contributed by atoms with Gasteiger partial charge in [0.05, 0.1) is 11.3 Å². The molecule has 3 aromatic rings. The predicted octanol–water partition coefficient (Wildman–Crippen LogP) is 2.98. The summed E-state index contributed by atoms with van der Waals surface area (Å²) in [7, 11) is 0. The summed E-state index contributed by atoms with van der Waals surface area (Å²) >= 11 is 5.93. The zero-order chi connectivity index (χ0) is 19.5. The quantitative estimate of drug-likeness (QED) is 0.709. The largest absolute Gasteiger partial charge is 0.337 e. The van der Waals surface area contributed by atoms with Crippen molar-refractivity contribution in [2.24, 2.45) is 5.92 Å². The van der Waals surface area contributed by atoms with E-state index in [1.807, 2.05) is 12.4 Å². The molecule has 0 spiro atoms. The third kappa shape index (κ3) is 3.85. The number of aryl methyl sites for hydroxylation is 1. The van der Waals surface area contributed by atoms with Gasteiger partial charge in [-0.15, -0.1) is 5.10 Å². The van der Waals surface area contributed by atoms with Crippen LogP contribution in [-0.4, -0.2) is 31.9 Å². The Morgan fingerprint density at radius 2 is 2.25 bits per heavy atom. The van der Waals surface area contributed by atoms with Crippen molar-refractivity contribution in [3.05, 3.63) is 59.3 Å². The van der Waals surface area contributed by atoms with Crippen LogP contribution in [0.1, 0.15) is 17.8 Å². The second-order valence-electron chi connectivity index (χ2n) is 6.65. The number of fused-ring (bicyclic) bond motifs is 1. The van der Waals surface area contributed by atoms with E-state index in [4.69, 9.17) is 11.6 Å². The van der Waals surface area contributed by atoms with Crippen molar-refractivity contribution in [1.29, 1.82) is 5.26 Å². The van der Waals surface area contributed by atoms with Gasteiger partial charge in [-0.25, -0.2) is 14.5 Å². The van der Waals surface area contributed by atoms with E-state index in [1.165, 1.54) is 4.68 Å². The second-order valence-corrected chi connectivity index (χ2v) is 7.09. The number of urea groups is 1. The van der Waals surface area contributed by atoms with Crippen molar-refractivity contribution < 1.29 is 4.79 Å². The van der Waals surface area contributed by atoms with Crippen LogP contribution in [0.3, 0.4) is 0 Å². The number of rotatable bonds is 4. The molecule has 1 atom stereocenters. The van der Waals surface area contributed by atoms with Gasteiger partial charge >= 0.3 is 6.03 Å². The van der Waals surface area contributed by atoms with Gasteiger partial charge in [-0.05, 0) is 30.5 Å². The summed E-state index contributed by atoms with van der Waals surface area (Å²) < 4.78 is 3.67. The third-order valence-electron chi connectivity index (χ3n) is 4.74. The number of imidazole rings is 1. The van der Waals surface area contributed by atoms with Crippen LogP contribution in [0.5, 0.6) is 0 Å². The standard InChI is InChI=1S/C19H18ClN7O/c20-15-2-3-16(14(9-15)10-21)27-7-5-17(25-27)24-19(28)23-11-13-1-4-18-22-6-8-26(18)12-13/h2-3,5-9,13H,1,4,11-12H2,(H2,23,24,25,28). The Hall–Kier alpha value is -3.31. The highest BCUT2D eigenvalue weighted by molar-refractivity contribution is 6.30. The van der Waals surface area contributed by atoms with Gasteiger partial charge in [0.15, 0.2) is 5.82 Å². The van der Waals surface area contributed by atoms with Gasteiger partial charge in [-0.3, -0.25) is 5.32 Å². The molecule has 28 heavy (non-hydrogen) atoms. The first-order chi connectivity index (χ1) is 13.6. The maximum absolute atomic E-state index is 12.2. The molecule has 8 nitrogen and oxygen atoms in total. The summed E-state index contributed by atoms with van der Waals surface area (Å²) in [6.45, 7) is 1.44. The molecule has 4 rings (SSSR count). The minimum atomic E-state index is -0.307. The summed E-state index contributed by atoms with van der Waals surface area (Å²) in [4.78, 5) is 16.5. The number of halogens is 1. The van der Waals surface area contributed by atoms with E-state index in [0.717, 1.165) is 25.2 Å². The number of hydrogen-bond donors (Lipinski definition) is 2. The van der Waals surface area contributed by atoms with Gasteiger partial charge in [-0.2, -0.15) is 5.26 Å². The predicted molar refractivity (Wildman–Crippen MR) is 104 cm³/mol. The van der Waals surface area contributed by atoms with Gasteiger partial charge in [0.1, 0.15) is 11.9 Å². The molecule has 1 aliphatic rings. The first-order valence-corrected chi connectivity index (χ1v) is 9.31. The fraction of sp³-hybridized carbons (Fsp3) is 0.263. The Bertz CT molecular complexity index is 1050. The van der Waals surface area contributed by atoms with Gasteiger partial charge in [0.2, 0.25) is 0 Å². The normalized spacial score (nSPS) is 15.5. The first kappa shape index (κ1) is 18.1. The molecular weight excluding hydrogens is 378 g/mol. The number of aromatic nitrogens is 4. The van der Waals surface area contributed by atoms with E-state index in [-0.39, 0.29) is 6.03 Å². The summed E-state index contributed by atoms with van der Waals surface area (Å²) in [5.74, 6) is 1.87. The highest BCUT2D eigenvalue weighted by atomic mass is 35.5. The van der Waals surface area contributed by atoms with Crippen LogP contribution in [0, 0.1) is 17.2 Å². The van der Waals surface area contributed by atoms with Crippen molar-refractivity contribution >= 4 is 23.4 Å². The third-order valence-corrected chi connectivity index (χ3v) is 4.98. The minimum absolute atomic E-state index is 0.307. The number of amides is 2. The van der Waals surface area contributed by atoms with Crippen LogP contribution in [0.2, 0.25) is 5.02 Å². The average Bonchev–Trinajstić information content (AvgIpc) is 3.35. The zero-order valence-electron chi connectivity index (χ0n) is 15.0. The van der Waals surface area contributed by atoms with Gasteiger partial charge in [0.25, 0.3) is 0 Å². The molecule has 0 aliphatic carbocycles. The molecule has 2 aromatic heterocycles. The van der Waals surface area contributed by atoms with Crippen LogP contribution in [0.25, 0.3) is 5.69 Å². The number of carbonyl (C=O) groups is 1. The van der Waals surface area contributed by atoms with E-state index in [9.17, 15) is 10.1 Å². The maximum Gasteiger partial charge on any atom is 0.320 e. The number of benzene rings is 1. The Balaban J connectivity index is 1.34. The van der Waals surface area contributed by atoms with E-state index in [0.29, 0.717) is 34.6 Å². The van der Waals surface area contributed by atoms with E-state index < -0.39 is 0 Å². The van der Waals surface area contributed by atoms with Gasteiger partial charge in [0, 0.05) is 49.2 Å². The molecule has 1 aromatic carbocycles. The lowest BCUT2D eigenvalue weighted by molar-refractivity contribution is 0.247. The number of hydrogen-bond acceptors (Lipinski definition) is 4. The topological polar surface area (TPSA) is 101 Å². The summed E-state index contributed by atoms with van der Waals surface area (Å²) in [5.41, 5.74) is 1.00. The lowest BCUT2D eigenvalue weighted by atomic mass is 9.99. The molecule has 3 heterocycles. The highest BCUT2D eigenvalue weighted by Gasteiger charge is 2.19. The number of nitriles is 1. The van der Waals surface area contributed by atoms with Crippen molar-refractivity contribution in [2.75, 3.05) is 11.9 Å². The first-order valence-electron chi connectivity index (χ1n) is 8.93. The van der Waals surface area contributed by atoms with E-state index >= 15 is 0 Å². The smallest absolute Gasteiger partial charge is 0.320 e. The Labute approximate surface area is 166 Å². The van der Waals surface area contributed by atoms with E-state index in [1.54, 1.807) is 30.5 Å². The molecular formula is C19H18ClN7O. The molecule has 0 saturated carbocycles. The van der Waals surface area contributed by atoms with Gasteiger partial charge in [-0.1, -0.05) is 11.6 Å². The lowest BCUT2D eigenvalue weighted by Gasteiger charge is -2.23. The summed E-state index contributed by atoms with van der Waals surface area (Å²) in [6, 6.07) is 8.44. The number of anilines is 1. The molecule has 2 amide bonds. The second kappa shape index (κ2) is 7.74. The highest BCUT2D eigenvalue weighted by Crippen LogP contribution is 2.20. The van der Waals surface area contributed by atoms with Crippen molar-refractivity contribution in [3.63, 3.8) is 0 Å². The number of nitrogens with one attached hydrogen (secondary N) is 2. The van der Waals surface area contributed by atoms with Crippen molar-refractivity contribution in [3.8, 4) is 11.8 Å². The lowest BCUT2D eigenvalue weighted by Crippen LogP contribution is -2.36. The Kier molecular flexibility index (Phi) is 5.00. The average molecular weight is 396 g/mol. The van der Waals surface area contributed by atoms with Crippen molar-refractivity contribution in [2.45, 2.75) is 19.4 Å². The van der Waals surface area contributed by atoms with Crippen molar-refractivity contribution in [1.82, 2.24) is 24.6 Å².